The molecule has 22 heavy (non-hydrogen) atoms. The average molecular weight is 297 g/mol. The van der Waals surface area contributed by atoms with Gasteiger partial charge >= 0.3 is 0 Å². The van der Waals surface area contributed by atoms with E-state index in [0.29, 0.717) is 0 Å². The van der Waals surface area contributed by atoms with Gasteiger partial charge in [0, 0.05) is 36.6 Å². The highest BCUT2D eigenvalue weighted by Gasteiger charge is 2.07. The molecule has 0 amide bonds. The Kier molecular flexibility index (Phi) is 5.02. The van der Waals surface area contributed by atoms with Gasteiger partial charge in [0.05, 0.1) is 0 Å². The van der Waals surface area contributed by atoms with E-state index < -0.39 is 5.60 Å². The van der Waals surface area contributed by atoms with Crippen molar-refractivity contribution in [2.45, 2.75) is 26.0 Å². The molecule has 0 fully saturated rings. The molecular weight excluding hydrogens is 274 g/mol. The van der Waals surface area contributed by atoms with E-state index in [9.17, 15) is 5.11 Å². The number of nitrogens with zero attached hydrogens (tertiary/aromatic N) is 3. The zero-order valence-corrected chi connectivity index (χ0v) is 13.7. The van der Waals surface area contributed by atoms with Crippen LogP contribution in [0.15, 0.2) is 36.7 Å². The summed E-state index contributed by atoms with van der Waals surface area (Å²) < 4.78 is 2.15. The Labute approximate surface area is 132 Å². The molecule has 0 saturated carbocycles. The molecule has 0 atom stereocenters. The van der Waals surface area contributed by atoms with Gasteiger partial charge in [0.1, 0.15) is 11.4 Å². The van der Waals surface area contributed by atoms with Crippen molar-refractivity contribution in [2.24, 2.45) is 0 Å². The van der Waals surface area contributed by atoms with E-state index in [1.54, 1.807) is 13.8 Å². The van der Waals surface area contributed by atoms with Crippen molar-refractivity contribution in [1.29, 1.82) is 0 Å². The van der Waals surface area contributed by atoms with Crippen molar-refractivity contribution < 1.29 is 5.11 Å². The largest absolute Gasteiger partial charge is 0.378 e. The molecule has 116 valence electrons. The Balaban J connectivity index is 2.17. The quantitative estimate of drug-likeness (QED) is 0.880. The van der Waals surface area contributed by atoms with Crippen molar-refractivity contribution in [1.82, 2.24) is 14.5 Å². The van der Waals surface area contributed by atoms with Crippen LogP contribution >= 0.6 is 0 Å². The Morgan fingerprint density at radius 1 is 1.23 bits per heavy atom. The molecule has 0 saturated heterocycles. The summed E-state index contributed by atoms with van der Waals surface area (Å²) in [5.41, 5.74) is 0.982. The molecule has 2 aromatic rings. The molecule has 0 aliphatic rings. The van der Waals surface area contributed by atoms with Gasteiger partial charge in [-0.1, -0.05) is 24.0 Å². The monoisotopic (exact) mass is 297 g/mol. The molecule has 2 rings (SSSR count). The molecule has 4 nitrogen and oxygen atoms in total. The summed E-state index contributed by atoms with van der Waals surface area (Å²) in [4.78, 5) is 6.60. The number of hydrogen-bond donors (Lipinski definition) is 1. The zero-order chi connectivity index (χ0) is 16.2. The fourth-order valence-electron chi connectivity index (χ4n) is 1.99. The van der Waals surface area contributed by atoms with Crippen LogP contribution in [0.4, 0.5) is 0 Å². The highest BCUT2D eigenvalue weighted by molar-refractivity contribution is 5.57. The smallest absolute Gasteiger partial charge is 0.139 e. The van der Waals surface area contributed by atoms with E-state index in [1.807, 2.05) is 36.7 Å². The molecule has 1 aromatic heterocycles. The minimum absolute atomic E-state index is 0.886. The van der Waals surface area contributed by atoms with Gasteiger partial charge in [-0.2, -0.15) is 0 Å². The third kappa shape index (κ3) is 4.73. The molecule has 0 bridgehead atoms. The van der Waals surface area contributed by atoms with Gasteiger partial charge in [-0.05, 0) is 40.1 Å². The Morgan fingerprint density at radius 2 is 1.91 bits per heavy atom. The van der Waals surface area contributed by atoms with Crippen molar-refractivity contribution in [2.75, 3.05) is 20.6 Å². The molecule has 1 aromatic carbocycles. The molecule has 1 N–H and O–H groups in total. The number of imidazole rings is 1. The standard InChI is InChI=1S/C18H23N3O/c1-18(2,22)10-9-15-5-7-16(8-6-15)17-19-11-12-21(17)14-13-20(3)4/h5-8,11-12,22H,13-14H2,1-4H3. The summed E-state index contributed by atoms with van der Waals surface area (Å²) >= 11 is 0. The summed E-state index contributed by atoms with van der Waals surface area (Å²) in [5.74, 6) is 6.76. The maximum atomic E-state index is 9.63. The molecule has 0 aliphatic carbocycles. The molecule has 0 unspecified atom stereocenters. The first-order valence-corrected chi connectivity index (χ1v) is 7.37. The second-order valence-corrected chi connectivity index (χ2v) is 6.13. The average Bonchev–Trinajstić information content (AvgIpc) is 2.91. The fourth-order valence-corrected chi connectivity index (χ4v) is 1.99. The van der Waals surface area contributed by atoms with Crippen LogP contribution in [0.25, 0.3) is 11.4 Å². The van der Waals surface area contributed by atoms with Crippen LogP contribution < -0.4 is 0 Å². The molecule has 4 heteroatoms. The lowest BCUT2D eigenvalue weighted by Gasteiger charge is -2.12. The van der Waals surface area contributed by atoms with Crippen LogP contribution in [-0.4, -0.2) is 45.8 Å². The second kappa shape index (κ2) is 6.78. The van der Waals surface area contributed by atoms with Crippen molar-refractivity contribution >= 4 is 0 Å². The maximum absolute atomic E-state index is 9.63. The molecule has 1 heterocycles. The van der Waals surface area contributed by atoms with Gasteiger partial charge in [0.25, 0.3) is 0 Å². The van der Waals surface area contributed by atoms with Crippen LogP contribution in [0.3, 0.4) is 0 Å². The summed E-state index contributed by atoms with van der Waals surface area (Å²) in [6.45, 7) is 5.23. The zero-order valence-electron chi connectivity index (χ0n) is 13.7. The Morgan fingerprint density at radius 3 is 2.50 bits per heavy atom. The second-order valence-electron chi connectivity index (χ2n) is 6.13. The van der Waals surface area contributed by atoms with E-state index in [2.05, 4.69) is 40.4 Å². The minimum atomic E-state index is -0.971. The lowest BCUT2D eigenvalue weighted by molar-refractivity contribution is 0.143. The van der Waals surface area contributed by atoms with Crippen molar-refractivity contribution in [3.63, 3.8) is 0 Å². The van der Waals surface area contributed by atoms with Gasteiger partial charge in [-0.3, -0.25) is 0 Å². The summed E-state index contributed by atoms with van der Waals surface area (Å²) in [6.07, 6.45) is 3.83. The minimum Gasteiger partial charge on any atom is -0.378 e. The Hall–Kier alpha value is -2.09. The number of rotatable bonds is 4. The van der Waals surface area contributed by atoms with Crippen LogP contribution in [0.2, 0.25) is 0 Å². The lowest BCUT2D eigenvalue weighted by atomic mass is 10.1. The third-order valence-electron chi connectivity index (χ3n) is 3.16. The van der Waals surface area contributed by atoms with Gasteiger partial charge in [-0.25, -0.2) is 4.98 Å². The lowest BCUT2D eigenvalue weighted by Crippen LogP contribution is -2.18. The summed E-state index contributed by atoms with van der Waals surface area (Å²) in [7, 11) is 4.12. The SMILES string of the molecule is CN(C)CCn1ccnc1-c1ccc(C#CC(C)(C)O)cc1. The van der Waals surface area contributed by atoms with Crippen LogP contribution in [-0.2, 0) is 6.54 Å². The van der Waals surface area contributed by atoms with Crippen LogP contribution in [0.1, 0.15) is 19.4 Å². The summed E-state index contributed by atoms with van der Waals surface area (Å²) in [6, 6.07) is 7.95. The predicted molar refractivity (Wildman–Crippen MR) is 89.4 cm³/mol. The topological polar surface area (TPSA) is 41.3 Å². The number of aromatic nitrogens is 2. The number of hydrogen-bond acceptors (Lipinski definition) is 3. The highest BCUT2D eigenvalue weighted by Crippen LogP contribution is 2.18. The molecule has 0 aliphatic heterocycles. The molecule has 0 spiro atoms. The molecule has 0 radical (unpaired) electrons. The Bertz CT molecular complexity index is 667. The number of likely N-dealkylation sites (N-methyl/N-ethyl adjacent to an activating group) is 1. The normalized spacial score (nSPS) is 11.4. The van der Waals surface area contributed by atoms with Gasteiger partial charge < -0.3 is 14.6 Å². The van der Waals surface area contributed by atoms with Gasteiger partial charge in [-0.15, -0.1) is 0 Å². The van der Waals surface area contributed by atoms with Gasteiger partial charge in [0.2, 0.25) is 0 Å². The highest BCUT2D eigenvalue weighted by atomic mass is 16.3. The van der Waals surface area contributed by atoms with E-state index >= 15 is 0 Å². The number of aliphatic hydroxyl groups is 1. The van der Waals surface area contributed by atoms with Crippen molar-refractivity contribution in [3.05, 3.63) is 42.2 Å². The third-order valence-corrected chi connectivity index (χ3v) is 3.16. The summed E-state index contributed by atoms with van der Waals surface area (Å²) in [5, 5.41) is 9.63. The van der Waals surface area contributed by atoms with E-state index in [-0.39, 0.29) is 0 Å². The maximum Gasteiger partial charge on any atom is 0.139 e. The van der Waals surface area contributed by atoms with E-state index in [1.165, 1.54) is 0 Å². The van der Waals surface area contributed by atoms with E-state index in [0.717, 1.165) is 30.0 Å². The predicted octanol–water partition coefficient (Wildman–Crippen LogP) is 2.23. The first-order chi connectivity index (χ1) is 10.3. The fraction of sp³-hybridized carbons (Fsp3) is 0.389. The van der Waals surface area contributed by atoms with E-state index in [4.69, 9.17) is 0 Å². The van der Waals surface area contributed by atoms with Gasteiger partial charge in [0.15, 0.2) is 0 Å². The van der Waals surface area contributed by atoms with Crippen molar-refractivity contribution in [3.8, 4) is 23.2 Å². The number of benzene rings is 1. The first-order valence-electron chi connectivity index (χ1n) is 7.37. The van der Waals surface area contributed by atoms with Crippen LogP contribution in [0.5, 0.6) is 0 Å². The van der Waals surface area contributed by atoms with Crippen LogP contribution in [0, 0.1) is 11.8 Å². The first kappa shape index (κ1) is 16.3. The molecular formula is C18H23N3O.